The Morgan fingerprint density at radius 1 is 0.960 bits per heavy atom. The molecule has 4 aliphatic rings. The lowest BCUT2D eigenvalue weighted by molar-refractivity contribution is -0.154. The summed E-state index contributed by atoms with van der Waals surface area (Å²) in [6, 6.07) is 0. The molecule has 4 rings (SSSR count). The molecule has 3 unspecified atom stereocenters. The summed E-state index contributed by atoms with van der Waals surface area (Å²) in [4.78, 5) is 0. The normalized spacial score (nSPS) is 54.9. The molecule has 0 aromatic rings. The number of terminal acetylenes is 1. The van der Waals surface area contributed by atoms with Gasteiger partial charge in [0.15, 0.2) is 0 Å². The zero-order chi connectivity index (χ0) is 17.9. The van der Waals surface area contributed by atoms with Crippen LogP contribution in [-0.4, -0.2) is 23.4 Å². The summed E-state index contributed by atoms with van der Waals surface area (Å²) in [6.07, 6.45) is 16.9. The topological polar surface area (TPSA) is 29.5 Å². The number of hydrogen-bond acceptors (Lipinski definition) is 2. The number of rotatable bonds is 2. The molecule has 0 saturated heterocycles. The van der Waals surface area contributed by atoms with Gasteiger partial charge in [0.1, 0.15) is 6.61 Å². The minimum Gasteiger partial charge on any atom is -0.390 e. The minimum atomic E-state index is -0.429. The maximum absolute atomic E-state index is 10.6. The predicted octanol–water partition coefficient (Wildman–Crippen LogP) is 4.80. The highest BCUT2D eigenvalue weighted by Crippen LogP contribution is 2.67. The molecule has 2 nitrogen and oxygen atoms in total. The highest BCUT2D eigenvalue weighted by Gasteiger charge is 2.61. The molecule has 0 bridgehead atoms. The average Bonchev–Trinajstić information content (AvgIpc) is 2.90. The quantitative estimate of drug-likeness (QED) is 0.729. The van der Waals surface area contributed by atoms with Crippen molar-refractivity contribution in [3.63, 3.8) is 0 Å². The lowest BCUT2D eigenvalue weighted by Crippen LogP contribution is -2.56. The Morgan fingerprint density at radius 3 is 2.48 bits per heavy atom. The molecule has 1 N–H and O–H groups in total. The number of fused-ring (bicyclic) bond motifs is 5. The summed E-state index contributed by atoms with van der Waals surface area (Å²) in [6.45, 7) is 7.58. The van der Waals surface area contributed by atoms with Crippen LogP contribution in [0.5, 0.6) is 0 Å². The van der Waals surface area contributed by atoms with E-state index < -0.39 is 5.60 Å². The fourth-order valence-electron chi connectivity index (χ4n) is 7.81. The summed E-state index contributed by atoms with van der Waals surface area (Å²) in [5.41, 5.74) is 0.354. The second kappa shape index (κ2) is 6.00. The third kappa shape index (κ3) is 2.69. The van der Waals surface area contributed by atoms with Crippen LogP contribution in [0.25, 0.3) is 0 Å². The van der Waals surface area contributed by atoms with Gasteiger partial charge in [-0.15, -0.1) is 6.42 Å². The van der Waals surface area contributed by atoms with Gasteiger partial charge in [0.05, 0.1) is 11.7 Å². The van der Waals surface area contributed by atoms with Gasteiger partial charge in [-0.2, -0.15) is 0 Å². The molecule has 0 radical (unpaired) electrons. The smallest absolute Gasteiger partial charge is 0.107 e. The molecule has 0 amide bonds. The van der Waals surface area contributed by atoms with Crippen LogP contribution in [0.4, 0.5) is 0 Å². The highest BCUT2D eigenvalue weighted by atomic mass is 16.5. The van der Waals surface area contributed by atoms with E-state index in [9.17, 15) is 5.11 Å². The monoisotopic (exact) mass is 344 g/mol. The third-order valence-electron chi connectivity index (χ3n) is 9.23. The van der Waals surface area contributed by atoms with Crippen LogP contribution < -0.4 is 0 Å². The summed E-state index contributed by atoms with van der Waals surface area (Å²) in [5.74, 6) is 5.92. The summed E-state index contributed by atoms with van der Waals surface area (Å²) >= 11 is 0. The van der Waals surface area contributed by atoms with Gasteiger partial charge >= 0.3 is 0 Å². The number of hydrogen-bond donors (Lipinski definition) is 1. The molecule has 2 heteroatoms. The third-order valence-corrected chi connectivity index (χ3v) is 9.23. The van der Waals surface area contributed by atoms with Gasteiger partial charge in [0, 0.05) is 0 Å². The largest absolute Gasteiger partial charge is 0.390 e. The van der Waals surface area contributed by atoms with Crippen LogP contribution in [-0.2, 0) is 4.74 Å². The number of aliphatic hydroxyl groups is 1. The second-order valence-corrected chi connectivity index (χ2v) is 10.5. The zero-order valence-corrected chi connectivity index (χ0v) is 16.4. The van der Waals surface area contributed by atoms with Crippen LogP contribution in [0.15, 0.2) is 0 Å². The van der Waals surface area contributed by atoms with Crippen LogP contribution in [0.2, 0.25) is 0 Å². The van der Waals surface area contributed by atoms with Crippen molar-refractivity contribution in [3.8, 4) is 12.3 Å². The molecule has 140 valence electrons. The van der Waals surface area contributed by atoms with Gasteiger partial charge in [0.2, 0.25) is 0 Å². The van der Waals surface area contributed by atoms with Crippen molar-refractivity contribution in [1.82, 2.24) is 0 Å². The molecular formula is C23H36O2. The molecule has 8 atom stereocenters. The predicted molar refractivity (Wildman–Crippen MR) is 101 cm³/mol. The first-order chi connectivity index (χ1) is 11.8. The summed E-state index contributed by atoms with van der Waals surface area (Å²) in [7, 11) is 0. The Bertz CT molecular complexity index is 561. The van der Waals surface area contributed by atoms with Crippen molar-refractivity contribution in [2.24, 2.45) is 34.5 Å². The molecule has 0 aromatic carbocycles. The van der Waals surface area contributed by atoms with Gasteiger partial charge < -0.3 is 9.84 Å². The zero-order valence-electron chi connectivity index (χ0n) is 16.4. The molecule has 4 saturated carbocycles. The van der Waals surface area contributed by atoms with E-state index in [1.165, 1.54) is 44.9 Å². The number of ether oxygens (including phenoxy) is 1. The van der Waals surface area contributed by atoms with Crippen molar-refractivity contribution >= 4 is 0 Å². The lowest BCUT2D eigenvalue weighted by Gasteiger charge is -2.61. The van der Waals surface area contributed by atoms with Gasteiger partial charge in [-0.05, 0) is 99.2 Å². The van der Waals surface area contributed by atoms with E-state index in [2.05, 4.69) is 26.7 Å². The molecule has 0 aliphatic heterocycles. The molecule has 4 fully saturated rings. The average molecular weight is 345 g/mol. The van der Waals surface area contributed by atoms with Crippen LogP contribution in [0, 0.1) is 46.8 Å². The van der Waals surface area contributed by atoms with E-state index in [1.54, 1.807) is 0 Å². The van der Waals surface area contributed by atoms with Crippen molar-refractivity contribution in [2.45, 2.75) is 90.3 Å². The fourth-order valence-corrected chi connectivity index (χ4v) is 7.81. The van der Waals surface area contributed by atoms with E-state index in [1.807, 2.05) is 0 Å². The van der Waals surface area contributed by atoms with Crippen molar-refractivity contribution in [1.29, 1.82) is 0 Å². The molecule has 0 heterocycles. The SMILES string of the molecule is C#CCOC1CC[C@H]2[C@@H]3CCC4CC(C)(O)CC[C@]4(C)[C@@H]3CC[C@]12C. The molecule has 0 spiro atoms. The highest BCUT2D eigenvalue weighted by molar-refractivity contribution is 5.10. The molecule has 4 aliphatic carbocycles. The van der Waals surface area contributed by atoms with E-state index in [0.29, 0.717) is 23.5 Å². The summed E-state index contributed by atoms with van der Waals surface area (Å²) < 4.78 is 6.09. The van der Waals surface area contributed by atoms with E-state index in [0.717, 1.165) is 36.5 Å². The fraction of sp³-hybridized carbons (Fsp3) is 0.913. The maximum atomic E-state index is 10.6. The van der Waals surface area contributed by atoms with Gasteiger partial charge in [-0.25, -0.2) is 0 Å². The van der Waals surface area contributed by atoms with Crippen molar-refractivity contribution in [3.05, 3.63) is 0 Å². The Hall–Kier alpha value is -0.520. The minimum absolute atomic E-state index is 0.335. The maximum Gasteiger partial charge on any atom is 0.107 e. The molecular weight excluding hydrogens is 308 g/mol. The van der Waals surface area contributed by atoms with Gasteiger partial charge in [0.25, 0.3) is 0 Å². The van der Waals surface area contributed by atoms with Crippen LogP contribution >= 0.6 is 0 Å². The Balaban J connectivity index is 1.55. The Morgan fingerprint density at radius 2 is 1.72 bits per heavy atom. The molecule has 25 heavy (non-hydrogen) atoms. The van der Waals surface area contributed by atoms with Crippen LogP contribution in [0.1, 0.15) is 78.6 Å². The van der Waals surface area contributed by atoms with Crippen molar-refractivity contribution < 1.29 is 9.84 Å². The first-order valence-electron chi connectivity index (χ1n) is 10.6. The summed E-state index contributed by atoms with van der Waals surface area (Å²) in [5, 5.41) is 10.6. The second-order valence-electron chi connectivity index (χ2n) is 10.5. The van der Waals surface area contributed by atoms with E-state index in [-0.39, 0.29) is 0 Å². The first-order valence-corrected chi connectivity index (χ1v) is 10.6. The lowest BCUT2D eigenvalue weighted by atomic mass is 9.44. The van der Waals surface area contributed by atoms with E-state index in [4.69, 9.17) is 11.2 Å². The van der Waals surface area contributed by atoms with E-state index >= 15 is 0 Å². The van der Waals surface area contributed by atoms with Gasteiger partial charge in [-0.1, -0.05) is 19.8 Å². The van der Waals surface area contributed by atoms with Crippen molar-refractivity contribution in [2.75, 3.05) is 6.61 Å². The molecule has 0 aromatic heterocycles. The first kappa shape index (κ1) is 17.9. The standard InChI is InChI=1S/C23H36O2/c1-5-14-25-20-9-8-18-17-7-6-16-15-21(2,24)12-13-22(16,3)19(17)10-11-23(18,20)4/h1,16-20,24H,6-15H2,2-4H3/t16?,17-,18-,19+,20?,21?,22-,23-/m0/s1. The Kier molecular flexibility index (Phi) is 4.29. The van der Waals surface area contributed by atoms with Gasteiger partial charge in [-0.3, -0.25) is 0 Å². The Labute approximate surface area is 154 Å². The van der Waals surface area contributed by atoms with Crippen LogP contribution in [0.3, 0.4) is 0 Å².